The molecule has 0 atom stereocenters. The lowest BCUT2D eigenvalue weighted by molar-refractivity contribution is 0.0598. The Hall–Kier alpha value is -3.81. The van der Waals surface area contributed by atoms with E-state index in [9.17, 15) is 14.4 Å². The molecule has 156 valence electrons. The lowest BCUT2D eigenvalue weighted by atomic mass is 10.1. The fourth-order valence-electron chi connectivity index (χ4n) is 3.11. The van der Waals surface area contributed by atoms with E-state index in [-0.39, 0.29) is 17.6 Å². The number of aromatic nitrogens is 1. The number of carbonyl (C=O) groups excluding carboxylic acids is 3. The second-order valence-electron chi connectivity index (χ2n) is 6.63. The number of carbonyl (C=O) groups is 3. The smallest absolute Gasteiger partial charge is 0.339 e. The van der Waals surface area contributed by atoms with Gasteiger partial charge in [0.1, 0.15) is 5.69 Å². The Labute approximate surface area is 173 Å². The van der Waals surface area contributed by atoms with E-state index in [1.807, 2.05) is 6.92 Å². The van der Waals surface area contributed by atoms with Crippen LogP contribution in [0.4, 0.5) is 5.69 Å². The van der Waals surface area contributed by atoms with Crippen molar-refractivity contribution >= 4 is 23.5 Å². The van der Waals surface area contributed by atoms with Crippen LogP contribution >= 0.6 is 0 Å². The van der Waals surface area contributed by atoms with Crippen LogP contribution in [0.15, 0.2) is 47.1 Å². The second kappa shape index (κ2) is 9.13. The highest BCUT2D eigenvalue weighted by molar-refractivity contribution is 6.02. The molecule has 0 saturated carbocycles. The quantitative estimate of drug-likeness (QED) is 0.517. The fourth-order valence-corrected chi connectivity index (χ4v) is 3.11. The maximum absolute atomic E-state index is 12.6. The first-order chi connectivity index (χ1) is 14.4. The Kier molecular flexibility index (Phi) is 6.36. The molecule has 0 aliphatic heterocycles. The van der Waals surface area contributed by atoms with Crippen molar-refractivity contribution in [1.29, 1.82) is 0 Å². The number of aryl methyl sites for hydroxylation is 1. The van der Waals surface area contributed by atoms with Crippen LogP contribution in [-0.4, -0.2) is 29.9 Å². The van der Waals surface area contributed by atoms with E-state index in [4.69, 9.17) is 9.15 Å². The Morgan fingerprint density at radius 1 is 1.10 bits per heavy atom. The number of ether oxygens (including phenoxy) is 1. The number of nitrogens with one attached hydrogen (secondary N) is 3. The van der Waals surface area contributed by atoms with Gasteiger partial charge in [0.05, 0.1) is 18.9 Å². The normalized spacial score (nSPS) is 10.5. The highest BCUT2D eigenvalue weighted by Crippen LogP contribution is 2.20. The number of esters is 1. The number of methoxy groups -OCH3 is 1. The van der Waals surface area contributed by atoms with Gasteiger partial charge >= 0.3 is 5.97 Å². The summed E-state index contributed by atoms with van der Waals surface area (Å²) in [5.74, 6) is -0.888. The Balaban J connectivity index is 1.63. The minimum Gasteiger partial charge on any atom is -0.465 e. The van der Waals surface area contributed by atoms with Crippen LogP contribution in [0, 0.1) is 6.92 Å². The average Bonchev–Trinajstić information content (AvgIpc) is 3.40. The van der Waals surface area contributed by atoms with Crippen molar-refractivity contribution in [3.8, 4) is 0 Å². The molecular formula is C22H23N3O5. The minimum atomic E-state index is -0.466. The Morgan fingerprint density at radius 3 is 2.43 bits per heavy atom. The maximum Gasteiger partial charge on any atom is 0.339 e. The zero-order chi connectivity index (χ0) is 21.7. The van der Waals surface area contributed by atoms with E-state index >= 15 is 0 Å². The molecule has 0 spiro atoms. The third kappa shape index (κ3) is 4.43. The number of aromatic amines is 1. The largest absolute Gasteiger partial charge is 0.465 e. The third-order valence-corrected chi connectivity index (χ3v) is 4.71. The maximum atomic E-state index is 12.6. The van der Waals surface area contributed by atoms with Crippen LogP contribution in [0.2, 0.25) is 0 Å². The summed E-state index contributed by atoms with van der Waals surface area (Å²) in [6.07, 6.45) is 2.01. The van der Waals surface area contributed by atoms with Crippen LogP contribution in [0.5, 0.6) is 0 Å². The number of benzene rings is 1. The van der Waals surface area contributed by atoms with E-state index < -0.39 is 5.97 Å². The van der Waals surface area contributed by atoms with Crippen LogP contribution in [0.25, 0.3) is 0 Å². The van der Waals surface area contributed by atoms with Gasteiger partial charge < -0.3 is 24.8 Å². The first-order valence-electron chi connectivity index (χ1n) is 9.46. The van der Waals surface area contributed by atoms with E-state index in [0.717, 1.165) is 5.56 Å². The zero-order valence-corrected chi connectivity index (χ0v) is 17.0. The molecule has 8 heteroatoms. The number of rotatable bonds is 7. The summed E-state index contributed by atoms with van der Waals surface area (Å²) in [5, 5.41) is 5.57. The number of amides is 2. The monoisotopic (exact) mass is 409 g/mol. The first kappa shape index (κ1) is 20.9. The molecular weight excluding hydrogens is 386 g/mol. The summed E-state index contributed by atoms with van der Waals surface area (Å²) < 4.78 is 9.87. The third-order valence-electron chi connectivity index (χ3n) is 4.71. The summed E-state index contributed by atoms with van der Waals surface area (Å²) in [4.78, 5) is 39.6. The number of hydrogen-bond acceptors (Lipinski definition) is 5. The Morgan fingerprint density at radius 2 is 1.83 bits per heavy atom. The van der Waals surface area contributed by atoms with E-state index in [2.05, 4.69) is 15.6 Å². The molecule has 3 N–H and O–H groups in total. The van der Waals surface area contributed by atoms with Gasteiger partial charge in [-0.25, -0.2) is 4.79 Å². The van der Waals surface area contributed by atoms with Gasteiger partial charge in [-0.1, -0.05) is 19.1 Å². The van der Waals surface area contributed by atoms with Gasteiger partial charge in [-0.05, 0) is 48.7 Å². The van der Waals surface area contributed by atoms with Gasteiger partial charge in [0.2, 0.25) is 0 Å². The standard InChI is InChI=1S/C22H23N3O5/c1-4-16-18(22(28)29-3)13(2)19(25-16)21(27)23-12-14-7-9-15(10-8-14)24-20(26)17-6-5-11-30-17/h5-11,25H,4,12H2,1-3H3,(H,23,27)(H,24,26). The molecule has 1 aromatic carbocycles. The van der Waals surface area contributed by atoms with Crippen LogP contribution in [0.3, 0.4) is 0 Å². The van der Waals surface area contributed by atoms with E-state index in [0.29, 0.717) is 41.2 Å². The van der Waals surface area contributed by atoms with Crippen molar-refractivity contribution in [2.75, 3.05) is 12.4 Å². The van der Waals surface area contributed by atoms with Crippen molar-refractivity contribution in [3.05, 3.63) is 76.5 Å². The molecule has 0 aliphatic carbocycles. The van der Waals surface area contributed by atoms with Crippen molar-refractivity contribution < 1.29 is 23.5 Å². The molecule has 30 heavy (non-hydrogen) atoms. The number of H-pyrrole nitrogens is 1. The van der Waals surface area contributed by atoms with Gasteiger partial charge in [0.15, 0.2) is 5.76 Å². The van der Waals surface area contributed by atoms with Crippen LogP contribution in [0.1, 0.15) is 55.1 Å². The van der Waals surface area contributed by atoms with Gasteiger partial charge in [0, 0.05) is 17.9 Å². The predicted molar refractivity (Wildman–Crippen MR) is 111 cm³/mol. The van der Waals surface area contributed by atoms with Crippen molar-refractivity contribution in [2.45, 2.75) is 26.8 Å². The molecule has 2 amide bonds. The highest BCUT2D eigenvalue weighted by Gasteiger charge is 2.23. The van der Waals surface area contributed by atoms with Gasteiger partial charge in [0.25, 0.3) is 11.8 Å². The number of hydrogen-bond donors (Lipinski definition) is 3. The predicted octanol–water partition coefficient (Wildman–Crippen LogP) is 3.45. The molecule has 2 heterocycles. The summed E-state index contributed by atoms with van der Waals surface area (Å²) >= 11 is 0. The lowest BCUT2D eigenvalue weighted by Gasteiger charge is -2.07. The first-order valence-corrected chi connectivity index (χ1v) is 9.46. The summed E-state index contributed by atoms with van der Waals surface area (Å²) in [6.45, 7) is 3.90. The average molecular weight is 409 g/mol. The molecule has 2 aromatic heterocycles. The minimum absolute atomic E-state index is 0.227. The SMILES string of the molecule is CCc1[nH]c(C(=O)NCc2ccc(NC(=O)c3ccco3)cc2)c(C)c1C(=O)OC. The molecule has 0 unspecified atom stereocenters. The van der Waals surface area contributed by atoms with E-state index in [1.54, 1.807) is 43.3 Å². The van der Waals surface area contributed by atoms with E-state index in [1.165, 1.54) is 13.4 Å². The lowest BCUT2D eigenvalue weighted by Crippen LogP contribution is -2.24. The molecule has 0 radical (unpaired) electrons. The van der Waals surface area contributed by atoms with Gasteiger partial charge in [-0.3, -0.25) is 9.59 Å². The zero-order valence-electron chi connectivity index (χ0n) is 17.0. The number of furan rings is 1. The molecule has 0 aliphatic rings. The van der Waals surface area contributed by atoms with Crippen molar-refractivity contribution in [2.24, 2.45) is 0 Å². The number of anilines is 1. The van der Waals surface area contributed by atoms with Crippen molar-refractivity contribution in [3.63, 3.8) is 0 Å². The molecule has 8 nitrogen and oxygen atoms in total. The van der Waals surface area contributed by atoms with Gasteiger partial charge in [-0.2, -0.15) is 0 Å². The fraction of sp³-hybridized carbons (Fsp3) is 0.227. The van der Waals surface area contributed by atoms with Crippen LogP contribution < -0.4 is 10.6 Å². The Bertz CT molecular complexity index is 1050. The molecule has 0 saturated heterocycles. The summed E-state index contributed by atoms with van der Waals surface area (Å²) in [7, 11) is 1.31. The highest BCUT2D eigenvalue weighted by atomic mass is 16.5. The second-order valence-corrected chi connectivity index (χ2v) is 6.63. The molecule has 0 bridgehead atoms. The molecule has 0 fully saturated rings. The summed E-state index contributed by atoms with van der Waals surface area (Å²) in [6, 6.07) is 10.3. The molecule has 3 aromatic rings. The summed E-state index contributed by atoms with van der Waals surface area (Å²) in [5.41, 5.74) is 3.44. The van der Waals surface area contributed by atoms with Gasteiger partial charge in [-0.15, -0.1) is 0 Å². The topological polar surface area (TPSA) is 113 Å². The molecule has 3 rings (SSSR count). The van der Waals surface area contributed by atoms with Crippen molar-refractivity contribution in [1.82, 2.24) is 10.3 Å². The van der Waals surface area contributed by atoms with Crippen LogP contribution in [-0.2, 0) is 17.7 Å².